The molecular formula is C15H12Cl2FN3. The molecule has 0 unspecified atom stereocenters. The number of hydrogen-bond donors (Lipinski definition) is 0. The summed E-state index contributed by atoms with van der Waals surface area (Å²) in [7, 11) is 0. The largest absolute Gasteiger partial charge is 0.321 e. The number of aryl methyl sites for hydroxylation is 1. The van der Waals surface area contributed by atoms with Crippen LogP contribution in [0.15, 0.2) is 30.5 Å². The lowest BCUT2D eigenvalue weighted by Crippen LogP contribution is -2.06. The van der Waals surface area contributed by atoms with Gasteiger partial charge in [0.05, 0.1) is 34.2 Å². The molecule has 1 aromatic carbocycles. The Bertz CT molecular complexity index is 814. The molecule has 0 aliphatic carbocycles. The van der Waals surface area contributed by atoms with E-state index in [1.807, 2.05) is 23.6 Å². The van der Waals surface area contributed by atoms with Gasteiger partial charge < -0.3 is 4.57 Å². The molecule has 0 aliphatic heterocycles. The molecule has 3 aromatic rings. The average Bonchev–Trinajstić information content (AvgIpc) is 2.79. The van der Waals surface area contributed by atoms with Crippen LogP contribution in [0.5, 0.6) is 0 Å². The van der Waals surface area contributed by atoms with Crippen LogP contribution in [0, 0.1) is 12.7 Å². The van der Waals surface area contributed by atoms with Gasteiger partial charge in [-0.15, -0.1) is 11.6 Å². The third kappa shape index (κ3) is 2.61. The summed E-state index contributed by atoms with van der Waals surface area (Å²) in [5, 5.41) is 0.0718. The summed E-state index contributed by atoms with van der Waals surface area (Å²) in [6.07, 6.45) is 1.74. The van der Waals surface area contributed by atoms with Crippen molar-refractivity contribution in [2.45, 2.75) is 19.3 Å². The van der Waals surface area contributed by atoms with Crippen LogP contribution in [0.2, 0.25) is 5.02 Å². The van der Waals surface area contributed by atoms with E-state index in [0.717, 1.165) is 16.8 Å². The summed E-state index contributed by atoms with van der Waals surface area (Å²) in [6.45, 7) is 2.52. The fourth-order valence-electron chi connectivity index (χ4n) is 2.28. The number of aromatic nitrogens is 3. The molecule has 0 spiro atoms. The highest BCUT2D eigenvalue weighted by Crippen LogP contribution is 2.25. The Hall–Kier alpha value is -1.65. The average molecular weight is 324 g/mol. The van der Waals surface area contributed by atoms with Crippen LogP contribution >= 0.6 is 23.2 Å². The zero-order valence-corrected chi connectivity index (χ0v) is 12.8. The van der Waals surface area contributed by atoms with Gasteiger partial charge in [0.2, 0.25) is 0 Å². The van der Waals surface area contributed by atoms with E-state index in [4.69, 9.17) is 23.2 Å². The molecule has 0 aliphatic rings. The Balaban J connectivity index is 2.16. The summed E-state index contributed by atoms with van der Waals surface area (Å²) >= 11 is 11.8. The van der Waals surface area contributed by atoms with Gasteiger partial charge in [0, 0.05) is 12.3 Å². The normalized spacial score (nSPS) is 11.2. The second kappa shape index (κ2) is 5.62. The van der Waals surface area contributed by atoms with Crippen molar-refractivity contribution in [2.24, 2.45) is 0 Å². The third-order valence-electron chi connectivity index (χ3n) is 3.41. The zero-order valence-electron chi connectivity index (χ0n) is 11.3. The summed E-state index contributed by atoms with van der Waals surface area (Å²) in [5.74, 6) is 0.419. The maximum atomic E-state index is 13.6. The third-order valence-corrected chi connectivity index (χ3v) is 3.94. The van der Waals surface area contributed by atoms with Crippen molar-refractivity contribution in [1.82, 2.24) is 14.5 Å². The van der Waals surface area contributed by atoms with Gasteiger partial charge in [-0.25, -0.2) is 9.37 Å². The van der Waals surface area contributed by atoms with Crippen LogP contribution in [0.1, 0.15) is 17.1 Å². The molecule has 2 aromatic heterocycles. The molecule has 0 atom stereocenters. The van der Waals surface area contributed by atoms with E-state index in [2.05, 4.69) is 9.97 Å². The molecule has 21 heavy (non-hydrogen) atoms. The number of fused-ring (bicyclic) bond motifs is 1. The first-order valence-corrected chi connectivity index (χ1v) is 7.32. The number of alkyl halides is 1. The molecule has 6 heteroatoms. The van der Waals surface area contributed by atoms with Gasteiger partial charge in [-0.2, -0.15) is 0 Å². The molecule has 0 amide bonds. The van der Waals surface area contributed by atoms with E-state index in [9.17, 15) is 4.39 Å². The number of nitrogens with zero attached hydrogens (tertiary/aromatic N) is 3. The Kier molecular flexibility index (Phi) is 3.83. The number of imidazole rings is 1. The molecule has 3 rings (SSSR count). The first kappa shape index (κ1) is 14.3. The van der Waals surface area contributed by atoms with Gasteiger partial charge in [0.15, 0.2) is 0 Å². The SMILES string of the molecule is Cc1cccnc1Cn1c(CCl)nc2cc(F)c(Cl)cc21. The van der Waals surface area contributed by atoms with Crippen LogP contribution in [-0.4, -0.2) is 14.5 Å². The highest BCUT2D eigenvalue weighted by atomic mass is 35.5. The van der Waals surface area contributed by atoms with Crippen LogP contribution in [-0.2, 0) is 12.4 Å². The van der Waals surface area contributed by atoms with Gasteiger partial charge >= 0.3 is 0 Å². The minimum absolute atomic E-state index is 0.0718. The summed E-state index contributed by atoms with van der Waals surface area (Å²) in [6, 6.07) is 6.79. The summed E-state index contributed by atoms with van der Waals surface area (Å²) in [5.41, 5.74) is 3.29. The van der Waals surface area contributed by atoms with Gasteiger partial charge in [0.1, 0.15) is 11.6 Å². The molecule has 2 heterocycles. The first-order valence-electron chi connectivity index (χ1n) is 6.40. The van der Waals surface area contributed by atoms with E-state index < -0.39 is 5.82 Å². The molecule has 0 saturated carbocycles. The van der Waals surface area contributed by atoms with Crippen molar-refractivity contribution in [1.29, 1.82) is 0 Å². The maximum absolute atomic E-state index is 13.6. The summed E-state index contributed by atoms with van der Waals surface area (Å²) < 4.78 is 15.5. The van der Waals surface area contributed by atoms with Crippen molar-refractivity contribution >= 4 is 34.2 Å². The van der Waals surface area contributed by atoms with Crippen molar-refractivity contribution in [2.75, 3.05) is 0 Å². The predicted octanol–water partition coefficient (Wildman–Crippen LogP) is 4.32. The minimum Gasteiger partial charge on any atom is -0.321 e. The lowest BCUT2D eigenvalue weighted by Gasteiger charge is -2.09. The quantitative estimate of drug-likeness (QED) is 0.672. The zero-order chi connectivity index (χ0) is 15.0. The van der Waals surface area contributed by atoms with Gasteiger partial charge in [-0.05, 0) is 24.6 Å². The molecule has 0 N–H and O–H groups in total. The molecular weight excluding hydrogens is 312 g/mol. The standard InChI is InChI=1S/C15H12Cl2FN3/c1-9-3-2-4-19-13(9)8-21-14-5-10(17)11(18)6-12(14)20-15(21)7-16/h2-6H,7-8H2,1H3. The molecule has 0 bridgehead atoms. The van der Waals surface area contributed by atoms with E-state index in [-0.39, 0.29) is 10.9 Å². The Morgan fingerprint density at radius 2 is 2.14 bits per heavy atom. The molecule has 108 valence electrons. The van der Waals surface area contributed by atoms with Crippen LogP contribution in [0.3, 0.4) is 0 Å². The smallest absolute Gasteiger partial charge is 0.144 e. The predicted molar refractivity (Wildman–Crippen MR) is 82.3 cm³/mol. The van der Waals surface area contributed by atoms with E-state index in [0.29, 0.717) is 17.9 Å². The number of rotatable bonds is 3. The second-order valence-electron chi connectivity index (χ2n) is 4.77. The maximum Gasteiger partial charge on any atom is 0.144 e. The van der Waals surface area contributed by atoms with E-state index in [1.54, 1.807) is 12.3 Å². The van der Waals surface area contributed by atoms with E-state index >= 15 is 0 Å². The van der Waals surface area contributed by atoms with Gasteiger partial charge in [-0.3, -0.25) is 4.98 Å². The molecule has 0 radical (unpaired) electrons. The van der Waals surface area contributed by atoms with Crippen molar-refractivity contribution in [3.63, 3.8) is 0 Å². The lowest BCUT2D eigenvalue weighted by molar-refractivity contribution is 0.629. The number of hydrogen-bond acceptors (Lipinski definition) is 2. The molecule has 0 fully saturated rings. The van der Waals surface area contributed by atoms with Crippen molar-refractivity contribution < 1.29 is 4.39 Å². The Labute approximate surface area is 131 Å². The van der Waals surface area contributed by atoms with Crippen LogP contribution in [0.25, 0.3) is 11.0 Å². The topological polar surface area (TPSA) is 30.7 Å². The number of pyridine rings is 1. The number of halogens is 3. The highest BCUT2D eigenvalue weighted by Gasteiger charge is 2.14. The van der Waals surface area contributed by atoms with Crippen molar-refractivity contribution in [3.8, 4) is 0 Å². The van der Waals surface area contributed by atoms with E-state index in [1.165, 1.54) is 6.07 Å². The van der Waals surface area contributed by atoms with Gasteiger partial charge in [0.25, 0.3) is 0 Å². The van der Waals surface area contributed by atoms with Gasteiger partial charge in [-0.1, -0.05) is 17.7 Å². The van der Waals surface area contributed by atoms with Crippen LogP contribution in [0.4, 0.5) is 4.39 Å². The monoisotopic (exact) mass is 323 g/mol. The second-order valence-corrected chi connectivity index (χ2v) is 5.44. The first-order chi connectivity index (χ1) is 10.1. The highest BCUT2D eigenvalue weighted by molar-refractivity contribution is 6.31. The Morgan fingerprint density at radius 1 is 1.33 bits per heavy atom. The molecule has 0 saturated heterocycles. The Morgan fingerprint density at radius 3 is 2.86 bits per heavy atom. The fraction of sp³-hybridized carbons (Fsp3) is 0.200. The molecule has 3 nitrogen and oxygen atoms in total. The van der Waals surface area contributed by atoms with Crippen molar-refractivity contribution in [3.05, 3.63) is 58.4 Å². The fourth-order valence-corrected chi connectivity index (χ4v) is 2.64. The number of benzene rings is 1. The van der Waals surface area contributed by atoms with Crippen LogP contribution < -0.4 is 0 Å². The lowest BCUT2D eigenvalue weighted by atomic mass is 10.2. The summed E-state index contributed by atoms with van der Waals surface area (Å²) in [4.78, 5) is 8.74. The minimum atomic E-state index is -0.482.